The highest BCUT2D eigenvalue weighted by Gasteiger charge is 2.29. The second-order valence-electron chi connectivity index (χ2n) is 11.2. The summed E-state index contributed by atoms with van der Waals surface area (Å²) in [5.41, 5.74) is 1.48. The number of aliphatic hydroxyl groups excluding tert-OH is 1. The lowest BCUT2D eigenvalue weighted by Crippen LogP contribution is -2.47. The lowest BCUT2D eigenvalue weighted by atomic mass is 10.0. The molecule has 0 aromatic heterocycles. The van der Waals surface area contributed by atoms with Gasteiger partial charge in [0.25, 0.3) is 5.91 Å². The minimum absolute atomic E-state index is 0.00872. The zero-order valence-electron chi connectivity index (χ0n) is 25.1. The third-order valence-corrected chi connectivity index (χ3v) is 7.75. The molecule has 4 rings (SSSR count). The van der Waals surface area contributed by atoms with Crippen molar-refractivity contribution in [1.82, 2.24) is 10.2 Å². The lowest BCUT2D eigenvalue weighted by molar-refractivity contribution is -0.000451. The number of likely N-dealkylation sites (N-methyl/N-ethyl adjacent to an activating group) is 1. The third-order valence-electron chi connectivity index (χ3n) is 7.75. The molecule has 0 saturated carbocycles. The summed E-state index contributed by atoms with van der Waals surface area (Å²) < 4.78 is 12.5. The van der Waals surface area contributed by atoms with E-state index in [0.717, 1.165) is 30.0 Å². The standard InChI is InChI=1S/C33H44N4O5/c1-22-20-37(23(2)21-38)32(39)28-18-26(35-33(40)36-29-14-9-12-25-11-5-6-13-27(25)29)15-16-30(28)42-24(3)10-7-8-17-41-31(22)19-34-4/h5-6,9,11-16,18,22-24,31,34,38H,7-8,10,17,19-21H2,1-4H3,(H2,35,36,40)/t22-,23-,24-,31-/m0/s1. The Labute approximate surface area is 248 Å². The maximum atomic E-state index is 14.1. The van der Waals surface area contributed by atoms with Crippen LogP contribution in [-0.4, -0.2) is 73.5 Å². The molecule has 0 unspecified atom stereocenters. The van der Waals surface area contributed by atoms with Crippen molar-refractivity contribution in [3.8, 4) is 5.75 Å². The summed E-state index contributed by atoms with van der Waals surface area (Å²) in [6.07, 6.45) is 2.46. The van der Waals surface area contributed by atoms with E-state index in [1.165, 1.54) is 0 Å². The Kier molecular flexibility index (Phi) is 11.2. The number of urea groups is 1. The Morgan fingerprint density at radius 2 is 1.86 bits per heavy atom. The van der Waals surface area contributed by atoms with Crippen molar-refractivity contribution >= 4 is 34.1 Å². The SMILES string of the molecule is CNC[C@@H]1OCCCC[C@H](C)Oc2ccc(NC(=O)Nc3cccc4ccccc34)cc2C(=O)N([C@@H](C)CO)C[C@@H]1C. The molecule has 0 saturated heterocycles. The number of ether oxygens (including phenoxy) is 2. The molecule has 0 fully saturated rings. The number of nitrogens with one attached hydrogen (secondary N) is 3. The first kappa shape index (κ1) is 31.3. The number of rotatable bonds is 6. The van der Waals surface area contributed by atoms with Crippen LogP contribution in [0.3, 0.4) is 0 Å². The Hall–Kier alpha value is -3.66. The fourth-order valence-electron chi connectivity index (χ4n) is 5.31. The van der Waals surface area contributed by atoms with E-state index in [0.29, 0.717) is 42.4 Å². The van der Waals surface area contributed by atoms with E-state index in [9.17, 15) is 14.7 Å². The largest absolute Gasteiger partial charge is 0.490 e. The summed E-state index contributed by atoms with van der Waals surface area (Å²) >= 11 is 0. The Bertz CT molecular complexity index is 1340. The van der Waals surface area contributed by atoms with Crippen LogP contribution in [0.1, 0.15) is 50.4 Å². The number of amides is 3. The van der Waals surface area contributed by atoms with Gasteiger partial charge >= 0.3 is 6.03 Å². The number of carbonyl (C=O) groups is 2. The fraction of sp³-hybridized carbons (Fsp3) is 0.455. The lowest BCUT2D eigenvalue weighted by Gasteiger charge is -2.34. The summed E-state index contributed by atoms with van der Waals surface area (Å²) in [5.74, 6) is 0.189. The first-order chi connectivity index (χ1) is 20.3. The van der Waals surface area contributed by atoms with Gasteiger partial charge in [-0.3, -0.25) is 4.79 Å². The molecule has 0 bridgehead atoms. The van der Waals surface area contributed by atoms with E-state index in [1.807, 2.05) is 63.4 Å². The van der Waals surface area contributed by atoms with Crippen molar-refractivity contribution < 1.29 is 24.2 Å². The molecule has 0 aliphatic carbocycles. The van der Waals surface area contributed by atoms with Crippen molar-refractivity contribution in [3.05, 3.63) is 66.2 Å². The van der Waals surface area contributed by atoms with Gasteiger partial charge in [-0.05, 0) is 69.8 Å². The van der Waals surface area contributed by atoms with Crippen LogP contribution >= 0.6 is 0 Å². The maximum Gasteiger partial charge on any atom is 0.323 e. The average Bonchev–Trinajstić information content (AvgIpc) is 2.98. The molecule has 1 heterocycles. The first-order valence-electron chi connectivity index (χ1n) is 14.8. The average molecular weight is 577 g/mol. The smallest absolute Gasteiger partial charge is 0.323 e. The van der Waals surface area contributed by atoms with Crippen LogP contribution < -0.4 is 20.7 Å². The molecule has 0 spiro atoms. The molecule has 226 valence electrons. The molecule has 4 N–H and O–H groups in total. The first-order valence-corrected chi connectivity index (χ1v) is 14.8. The van der Waals surface area contributed by atoms with Gasteiger partial charge in [0.2, 0.25) is 0 Å². The number of benzene rings is 3. The molecule has 3 aromatic carbocycles. The summed E-state index contributed by atoms with van der Waals surface area (Å²) in [7, 11) is 1.89. The molecular weight excluding hydrogens is 532 g/mol. The zero-order chi connectivity index (χ0) is 30.1. The quantitative estimate of drug-likeness (QED) is 0.308. The molecule has 42 heavy (non-hydrogen) atoms. The second kappa shape index (κ2) is 15.0. The molecule has 3 amide bonds. The van der Waals surface area contributed by atoms with Gasteiger partial charge < -0.3 is 35.4 Å². The van der Waals surface area contributed by atoms with Crippen LogP contribution in [0.4, 0.5) is 16.2 Å². The number of nitrogens with zero attached hydrogens (tertiary/aromatic N) is 1. The minimum Gasteiger partial charge on any atom is -0.490 e. The number of hydrogen-bond acceptors (Lipinski definition) is 6. The second-order valence-corrected chi connectivity index (χ2v) is 11.2. The Morgan fingerprint density at radius 3 is 2.64 bits per heavy atom. The van der Waals surface area contributed by atoms with Crippen molar-refractivity contribution in [2.24, 2.45) is 5.92 Å². The third kappa shape index (κ3) is 8.00. The number of aliphatic hydroxyl groups is 1. The Morgan fingerprint density at radius 1 is 1.07 bits per heavy atom. The van der Waals surface area contributed by atoms with Gasteiger partial charge in [0.1, 0.15) is 5.75 Å². The highest BCUT2D eigenvalue weighted by Crippen LogP contribution is 2.29. The van der Waals surface area contributed by atoms with Crippen molar-refractivity contribution in [2.75, 3.05) is 44.0 Å². The predicted molar refractivity (Wildman–Crippen MR) is 167 cm³/mol. The van der Waals surface area contributed by atoms with Gasteiger partial charge in [0.05, 0.1) is 36.1 Å². The molecule has 9 nitrogen and oxygen atoms in total. The highest BCUT2D eigenvalue weighted by molar-refractivity contribution is 6.07. The molecule has 4 atom stereocenters. The van der Waals surface area contributed by atoms with Crippen molar-refractivity contribution in [1.29, 1.82) is 0 Å². The van der Waals surface area contributed by atoms with Crippen LogP contribution in [0.2, 0.25) is 0 Å². The van der Waals surface area contributed by atoms with E-state index in [2.05, 4.69) is 22.9 Å². The number of anilines is 2. The van der Waals surface area contributed by atoms with Gasteiger partial charge in [-0.1, -0.05) is 43.3 Å². The zero-order valence-corrected chi connectivity index (χ0v) is 25.1. The molecule has 3 aromatic rings. The molecule has 0 radical (unpaired) electrons. The molecule has 1 aliphatic rings. The van der Waals surface area contributed by atoms with Gasteiger partial charge in [-0.15, -0.1) is 0 Å². The van der Waals surface area contributed by atoms with Crippen molar-refractivity contribution in [2.45, 2.75) is 58.3 Å². The van der Waals surface area contributed by atoms with Crippen LogP contribution in [0.25, 0.3) is 10.8 Å². The molecular formula is C33H44N4O5. The molecule has 1 aliphatic heterocycles. The van der Waals surface area contributed by atoms with Crippen LogP contribution in [0.15, 0.2) is 60.7 Å². The minimum atomic E-state index is -0.431. The normalized spacial score (nSPS) is 21.1. The number of carbonyl (C=O) groups excluding carboxylic acids is 2. The van der Waals surface area contributed by atoms with E-state index in [1.54, 1.807) is 23.1 Å². The van der Waals surface area contributed by atoms with Gasteiger partial charge in [0, 0.05) is 36.7 Å². The van der Waals surface area contributed by atoms with Gasteiger partial charge in [-0.2, -0.15) is 0 Å². The van der Waals surface area contributed by atoms with Crippen molar-refractivity contribution in [3.63, 3.8) is 0 Å². The van der Waals surface area contributed by atoms with E-state index in [4.69, 9.17) is 9.47 Å². The van der Waals surface area contributed by atoms with Crippen LogP contribution in [0, 0.1) is 5.92 Å². The van der Waals surface area contributed by atoms with Gasteiger partial charge in [0.15, 0.2) is 0 Å². The summed E-state index contributed by atoms with van der Waals surface area (Å²) in [6.45, 7) is 7.38. The number of fused-ring (bicyclic) bond motifs is 2. The molecule has 9 heteroatoms. The predicted octanol–water partition coefficient (Wildman–Crippen LogP) is 5.50. The number of hydrogen-bond donors (Lipinski definition) is 4. The summed E-state index contributed by atoms with van der Waals surface area (Å²) in [4.78, 5) is 28.9. The monoisotopic (exact) mass is 576 g/mol. The fourth-order valence-corrected chi connectivity index (χ4v) is 5.31. The Balaban J connectivity index is 1.63. The van der Waals surface area contributed by atoms with Crippen LogP contribution in [-0.2, 0) is 4.74 Å². The van der Waals surface area contributed by atoms with Crippen LogP contribution in [0.5, 0.6) is 5.75 Å². The van der Waals surface area contributed by atoms with E-state index in [-0.39, 0.29) is 30.6 Å². The van der Waals surface area contributed by atoms with Gasteiger partial charge in [-0.25, -0.2) is 4.79 Å². The summed E-state index contributed by atoms with van der Waals surface area (Å²) in [6, 6.07) is 17.9. The van der Waals surface area contributed by atoms with E-state index >= 15 is 0 Å². The summed E-state index contributed by atoms with van der Waals surface area (Å²) in [5, 5.41) is 21.0. The highest BCUT2D eigenvalue weighted by atomic mass is 16.5. The van der Waals surface area contributed by atoms with E-state index < -0.39 is 12.1 Å². The maximum absolute atomic E-state index is 14.1. The topological polar surface area (TPSA) is 112 Å².